The molecule has 1 unspecified atom stereocenters. The van der Waals surface area contributed by atoms with Crippen LogP contribution in [0.2, 0.25) is 0 Å². The Hall–Kier alpha value is -3.48. The summed E-state index contributed by atoms with van der Waals surface area (Å²) in [5.41, 5.74) is 4.03. The molecule has 0 bridgehead atoms. The molecule has 0 saturated carbocycles. The van der Waals surface area contributed by atoms with Crippen molar-refractivity contribution in [2.75, 3.05) is 12.4 Å². The van der Waals surface area contributed by atoms with Crippen molar-refractivity contribution in [3.05, 3.63) is 71.3 Å². The number of fused-ring (bicyclic) bond motifs is 1. The molecule has 1 aromatic heterocycles. The van der Waals surface area contributed by atoms with E-state index in [0.717, 1.165) is 27.7 Å². The van der Waals surface area contributed by atoms with Gasteiger partial charge >= 0.3 is 0 Å². The minimum absolute atomic E-state index is 0.0219. The number of hydrogen-bond acceptors (Lipinski definition) is 3. The molecular formula is C22H21FN4O2. The number of nitrogens with one attached hydrogen (secondary N) is 2. The molecular weight excluding hydrogens is 371 g/mol. The highest BCUT2D eigenvalue weighted by molar-refractivity contribution is 5.95. The number of halogens is 1. The van der Waals surface area contributed by atoms with E-state index in [1.165, 1.54) is 12.1 Å². The summed E-state index contributed by atoms with van der Waals surface area (Å²) in [7, 11) is 1.71. The van der Waals surface area contributed by atoms with E-state index in [1.54, 1.807) is 30.3 Å². The van der Waals surface area contributed by atoms with Crippen LogP contribution in [-0.2, 0) is 9.59 Å². The van der Waals surface area contributed by atoms with E-state index >= 15 is 0 Å². The summed E-state index contributed by atoms with van der Waals surface area (Å²) in [5.74, 6) is -0.771. The molecule has 0 fully saturated rings. The lowest BCUT2D eigenvalue weighted by molar-refractivity contribution is -0.129. The van der Waals surface area contributed by atoms with Gasteiger partial charge in [-0.15, -0.1) is 0 Å². The topological polar surface area (TPSA) is 78.1 Å². The standard InChI is InChI=1S/C22H21FN4O2/c1-13-18(10-21(28)25-17-7-8-20-15(9-17)12-24-26-20)19(11-22(29)27(13)2)14-3-5-16(23)6-4-14/h3-9,12,19H,10-11H2,1-2H3,(H,24,26)(H,25,28). The zero-order chi connectivity index (χ0) is 20.5. The lowest BCUT2D eigenvalue weighted by Crippen LogP contribution is -2.34. The maximum absolute atomic E-state index is 13.3. The largest absolute Gasteiger partial charge is 0.326 e. The van der Waals surface area contributed by atoms with Gasteiger partial charge in [0.1, 0.15) is 5.82 Å². The van der Waals surface area contributed by atoms with Gasteiger partial charge < -0.3 is 10.2 Å². The fraction of sp³-hybridized carbons (Fsp3) is 0.227. The quantitative estimate of drug-likeness (QED) is 0.706. The van der Waals surface area contributed by atoms with Gasteiger partial charge in [-0.3, -0.25) is 14.7 Å². The SMILES string of the molecule is CC1=C(CC(=O)Nc2ccc3[nH]ncc3c2)C(c2ccc(F)cc2)CC(=O)N1C. The van der Waals surface area contributed by atoms with Crippen LogP contribution >= 0.6 is 0 Å². The average molecular weight is 392 g/mol. The highest BCUT2D eigenvalue weighted by Crippen LogP contribution is 2.37. The summed E-state index contributed by atoms with van der Waals surface area (Å²) in [6.45, 7) is 1.84. The molecule has 29 heavy (non-hydrogen) atoms. The van der Waals surface area contributed by atoms with Crippen molar-refractivity contribution in [1.29, 1.82) is 0 Å². The number of anilines is 1. The van der Waals surface area contributed by atoms with Crippen LogP contribution in [-0.4, -0.2) is 34.0 Å². The van der Waals surface area contributed by atoms with Gasteiger partial charge in [0, 0.05) is 36.2 Å². The molecule has 7 heteroatoms. The van der Waals surface area contributed by atoms with Gasteiger partial charge in [0.25, 0.3) is 0 Å². The first-order valence-electron chi connectivity index (χ1n) is 9.37. The summed E-state index contributed by atoms with van der Waals surface area (Å²) < 4.78 is 13.3. The van der Waals surface area contributed by atoms with Crippen LogP contribution < -0.4 is 5.32 Å². The Labute approximate surface area is 167 Å². The molecule has 1 aliphatic rings. The van der Waals surface area contributed by atoms with Crippen LogP contribution in [0.3, 0.4) is 0 Å². The molecule has 2 amide bonds. The number of allylic oxidation sites excluding steroid dienone is 1. The third-order valence-corrected chi connectivity index (χ3v) is 5.49. The van der Waals surface area contributed by atoms with Crippen molar-refractivity contribution in [3.8, 4) is 0 Å². The molecule has 2 N–H and O–H groups in total. The third-order valence-electron chi connectivity index (χ3n) is 5.49. The number of amides is 2. The molecule has 6 nitrogen and oxygen atoms in total. The number of nitrogens with zero attached hydrogens (tertiary/aromatic N) is 2. The summed E-state index contributed by atoms with van der Waals surface area (Å²) in [4.78, 5) is 26.8. The minimum atomic E-state index is -0.331. The van der Waals surface area contributed by atoms with Crippen LogP contribution in [0.4, 0.5) is 10.1 Å². The Balaban J connectivity index is 1.59. The molecule has 2 aromatic carbocycles. The fourth-order valence-corrected chi connectivity index (χ4v) is 3.75. The van der Waals surface area contributed by atoms with E-state index in [1.807, 2.05) is 25.1 Å². The number of aromatic amines is 1. The second-order valence-electron chi connectivity index (χ2n) is 7.27. The second kappa shape index (κ2) is 7.50. The van der Waals surface area contributed by atoms with E-state index < -0.39 is 0 Å². The Bertz CT molecular complexity index is 1120. The molecule has 148 valence electrons. The lowest BCUT2D eigenvalue weighted by Gasteiger charge is -2.33. The summed E-state index contributed by atoms with van der Waals surface area (Å²) in [6.07, 6.45) is 2.10. The zero-order valence-electron chi connectivity index (χ0n) is 16.2. The van der Waals surface area contributed by atoms with E-state index in [-0.39, 0.29) is 36.4 Å². The van der Waals surface area contributed by atoms with Crippen LogP contribution in [0.5, 0.6) is 0 Å². The predicted octanol–water partition coefficient (Wildman–Crippen LogP) is 3.95. The molecule has 0 spiro atoms. The number of H-pyrrole nitrogens is 1. The first-order chi connectivity index (χ1) is 13.9. The van der Waals surface area contributed by atoms with E-state index in [0.29, 0.717) is 5.69 Å². The zero-order valence-corrected chi connectivity index (χ0v) is 16.2. The summed E-state index contributed by atoms with van der Waals surface area (Å²) in [5, 5.41) is 10.7. The molecule has 1 atom stereocenters. The van der Waals surface area contributed by atoms with Gasteiger partial charge in [-0.2, -0.15) is 5.10 Å². The van der Waals surface area contributed by atoms with E-state index in [9.17, 15) is 14.0 Å². The number of benzene rings is 2. The fourth-order valence-electron chi connectivity index (χ4n) is 3.75. The van der Waals surface area contributed by atoms with Crippen molar-refractivity contribution in [1.82, 2.24) is 15.1 Å². The summed E-state index contributed by atoms with van der Waals surface area (Å²) in [6, 6.07) is 11.6. The van der Waals surface area contributed by atoms with Gasteiger partial charge in [-0.25, -0.2) is 4.39 Å². The van der Waals surface area contributed by atoms with Crippen LogP contribution in [0.15, 0.2) is 59.9 Å². The number of hydrogen-bond donors (Lipinski definition) is 2. The van der Waals surface area contributed by atoms with Crippen molar-refractivity contribution < 1.29 is 14.0 Å². The molecule has 0 radical (unpaired) electrons. The highest BCUT2D eigenvalue weighted by atomic mass is 19.1. The Kier molecular flexibility index (Phi) is 4.88. The van der Waals surface area contributed by atoms with Crippen molar-refractivity contribution in [3.63, 3.8) is 0 Å². The lowest BCUT2D eigenvalue weighted by atomic mass is 9.82. The molecule has 0 saturated heterocycles. The highest BCUT2D eigenvalue weighted by Gasteiger charge is 2.31. The first-order valence-corrected chi connectivity index (χ1v) is 9.37. The average Bonchev–Trinajstić information content (AvgIpc) is 3.17. The van der Waals surface area contributed by atoms with Crippen LogP contribution in [0.1, 0.15) is 31.2 Å². The molecule has 1 aliphatic heterocycles. The van der Waals surface area contributed by atoms with Crippen molar-refractivity contribution >= 4 is 28.4 Å². The second-order valence-corrected chi connectivity index (χ2v) is 7.27. The molecule has 0 aliphatic carbocycles. The third kappa shape index (κ3) is 3.76. The van der Waals surface area contributed by atoms with Gasteiger partial charge in [-0.1, -0.05) is 12.1 Å². The maximum Gasteiger partial charge on any atom is 0.228 e. The van der Waals surface area contributed by atoms with Crippen molar-refractivity contribution in [2.24, 2.45) is 0 Å². The van der Waals surface area contributed by atoms with Crippen LogP contribution in [0.25, 0.3) is 10.9 Å². The predicted molar refractivity (Wildman–Crippen MR) is 109 cm³/mol. The Morgan fingerprint density at radius 3 is 2.79 bits per heavy atom. The van der Waals surface area contributed by atoms with E-state index in [4.69, 9.17) is 0 Å². The Morgan fingerprint density at radius 1 is 1.28 bits per heavy atom. The first kappa shape index (κ1) is 18.9. The molecule has 4 rings (SSSR count). The normalized spacial score (nSPS) is 17.1. The number of carbonyl (C=O) groups excluding carboxylic acids is 2. The molecule has 2 heterocycles. The summed E-state index contributed by atoms with van der Waals surface area (Å²) >= 11 is 0. The van der Waals surface area contributed by atoms with Gasteiger partial charge in [0.05, 0.1) is 18.1 Å². The maximum atomic E-state index is 13.3. The van der Waals surface area contributed by atoms with Gasteiger partial charge in [0.2, 0.25) is 11.8 Å². The van der Waals surface area contributed by atoms with Crippen LogP contribution in [0, 0.1) is 5.82 Å². The monoisotopic (exact) mass is 392 g/mol. The van der Waals surface area contributed by atoms with Crippen molar-refractivity contribution in [2.45, 2.75) is 25.7 Å². The number of aromatic nitrogens is 2. The van der Waals surface area contributed by atoms with Gasteiger partial charge in [-0.05, 0) is 48.4 Å². The molecule has 3 aromatic rings. The number of rotatable bonds is 4. The number of carbonyl (C=O) groups is 2. The Morgan fingerprint density at radius 2 is 2.03 bits per heavy atom. The smallest absolute Gasteiger partial charge is 0.228 e. The van der Waals surface area contributed by atoms with Gasteiger partial charge in [0.15, 0.2) is 0 Å². The van der Waals surface area contributed by atoms with E-state index in [2.05, 4.69) is 15.5 Å². The minimum Gasteiger partial charge on any atom is -0.326 e.